The standard InChI is InChI=1S/C16H18FN/c1-3-16(18)13-6-4-12(5-7-13)15-9-8-14(17)10-11(15)2/h4-10,16H,3,18H2,1-2H3. The summed E-state index contributed by atoms with van der Waals surface area (Å²) in [6.45, 7) is 3.99. The maximum atomic E-state index is 13.1. The third kappa shape index (κ3) is 2.59. The Morgan fingerprint density at radius 2 is 1.78 bits per heavy atom. The lowest BCUT2D eigenvalue weighted by molar-refractivity contribution is 0.627. The molecular formula is C16H18FN. The van der Waals surface area contributed by atoms with Gasteiger partial charge in [0.2, 0.25) is 0 Å². The monoisotopic (exact) mass is 243 g/mol. The molecule has 0 aromatic heterocycles. The molecule has 2 aromatic carbocycles. The maximum absolute atomic E-state index is 13.1. The van der Waals surface area contributed by atoms with E-state index in [-0.39, 0.29) is 11.9 Å². The fourth-order valence-electron chi connectivity index (χ4n) is 2.10. The summed E-state index contributed by atoms with van der Waals surface area (Å²) in [7, 11) is 0. The van der Waals surface area contributed by atoms with Crippen LogP contribution in [0.5, 0.6) is 0 Å². The molecule has 1 atom stereocenters. The Hall–Kier alpha value is -1.67. The molecule has 0 amide bonds. The highest BCUT2D eigenvalue weighted by Crippen LogP contribution is 2.25. The lowest BCUT2D eigenvalue weighted by atomic mass is 9.97. The Kier molecular flexibility index (Phi) is 3.78. The first-order valence-electron chi connectivity index (χ1n) is 6.24. The minimum Gasteiger partial charge on any atom is -0.324 e. The van der Waals surface area contributed by atoms with Crippen molar-refractivity contribution in [2.45, 2.75) is 26.3 Å². The highest BCUT2D eigenvalue weighted by Gasteiger charge is 2.06. The second kappa shape index (κ2) is 5.32. The molecule has 0 fully saturated rings. The summed E-state index contributed by atoms with van der Waals surface area (Å²) in [5, 5.41) is 0. The van der Waals surface area contributed by atoms with Crippen LogP contribution in [0.3, 0.4) is 0 Å². The molecule has 2 rings (SSSR count). The zero-order valence-corrected chi connectivity index (χ0v) is 10.8. The van der Waals surface area contributed by atoms with E-state index in [9.17, 15) is 4.39 Å². The Morgan fingerprint density at radius 1 is 1.11 bits per heavy atom. The summed E-state index contributed by atoms with van der Waals surface area (Å²) >= 11 is 0. The van der Waals surface area contributed by atoms with Crippen molar-refractivity contribution in [1.29, 1.82) is 0 Å². The quantitative estimate of drug-likeness (QED) is 0.858. The van der Waals surface area contributed by atoms with E-state index in [1.165, 1.54) is 6.07 Å². The molecule has 0 heterocycles. The van der Waals surface area contributed by atoms with Crippen molar-refractivity contribution in [2.24, 2.45) is 5.73 Å². The lowest BCUT2D eigenvalue weighted by Crippen LogP contribution is -2.08. The molecule has 0 aliphatic rings. The van der Waals surface area contributed by atoms with Gasteiger partial charge < -0.3 is 5.73 Å². The van der Waals surface area contributed by atoms with Crippen LogP contribution in [0.1, 0.15) is 30.5 Å². The van der Waals surface area contributed by atoms with Crippen LogP contribution in [0, 0.1) is 12.7 Å². The first-order valence-corrected chi connectivity index (χ1v) is 6.24. The molecule has 2 aromatic rings. The molecule has 2 N–H and O–H groups in total. The van der Waals surface area contributed by atoms with E-state index < -0.39 is 0 Å². The largest absolute Gasteiger partial charge is 0.324 e. The summed E-state index contributed by atoms with van der Waals surface area (Å²) < 4.78 is 13.1. The van der Waals surface area contributed by atoms with Crippen LogP contribution < -0.4 is 5.73 Å². The lowest BCUT2D eigenvalue weighted by Gasteiger charge is -2.11. The van der Waals surface area contributed by atoms with E-state index >= 15 is 0 Å². The van der Waals surface area contributed by atoms with Crippen molar-refractivity contribution >= 4 is 0 Å². The summed E-state index contributed by atoms with van der Waals surface area (Å²) in [4.78, 5) is 0. The Morgan fingerprint density at radius 3 is 2.33 bits per heavy atom. The Labute approximate surface area is 107 Å². The van der Waals surface area contributed by atoms with E-state index in [1.807, 2.05) is 37.3 Å². The summed E-state index contributed by atoms with van der Waals surface area (Å²) in [5.41, 5.74) is 10.2. The average molecular weight is 243 g/mol. The average Bonchev–Trinajstić information content (AvgIpc) is 2.38. The topological polar surface area (TPSA) is 26.0 Å². The van der Waals surface area contributed by atoms with Gasteiger partial charge in [-0.3, -0.25) is 0 Å². The third-order valence-electron chi connectivity index (χ3n) is 3.28. The smallest absolute Gasteiger partial charge is 0.123 e. The van der Waals surface area contributed by atoms with E-state index in [0.29, 0.717) is 0 Å². The minimum absolute atomic E-state index is 0.0911. The van der Waals surface area contributed by atoms with Crippen molar-refractivity contribution in [3.63, 3.8) is 0 Å². The number of halogens is 1. The Balaban J connectivity index is 2.34. The first-order chi connectivity index (χ1) is 8.61. The molecule has 0 aliphatic carbocycles. The molecule has 18 heavy (non-hydrogen) atoms. The normalized spacial score (nSPS) is 12.4. The van der Waals surface area contributed by atoms with Gasteiger partial charge in [0, 0.05) is 6.04 Å². The van der Waals surface area contributed by atoms with Crippen molar-refractivity contribution in [3.05, 3.63) is 59.4 Å². The van der Waals surface area contributed by atoms with Crippen LogP contribution in [-0.4, -0.2) is 0 Å². The molecule has 0 radical (unpaired) electrons. The molecule has 0 bridgehead atoms. The van der Waals surface area contributed by atoms with Crippen molar-refractivity contribution in [3.8, 4) is 11.1 Å². The van der Waals surface area contributed by atoms with Gasteiger partial charge in [0.1, 0.15) is 5.82 Å². The SMILES string of the molecule is CCC(N)c1ccc(-c2ccc(F)cc2C)cc1. The van der Waals surface area contributed by atoms with Crippen molar-refractivity contribution < 1.29 is 4.39 Å². The van der Waals surface area contributed by atoms with E-state index in [0.717, 1.165) is 28.7 Å². The van der Waals surface area contributed by atoms with Gasteiger partial charge in [0.15, 0.2) is 0 Å². The molecule has 94 valence electrons. The van der Waals surface area contributed by atoms with E-state index in [4.69, 9.17) is 5.73 Å². The number of hydrogen-bond acceptors (Lipinski definition) is 1. The number of benzene rings is 2. The molecule has 1 nitrogen and oxygen atoms in total. The number of hydrogen-bond donors (Lipinski definition) is 1. The predicted molar refractivity (Wildman–Crippen MR) is 73.8 cm³/mol. The van der Waals surface area contributed by atoms with Crippen LogP contribution >= 0.6 is 0 Å². The number of aryl methyl sites for hydroxylation is 1. The first kappa shape index (κ1) is 12.8. The highest BCUT2D eigenvalue weighted by atomic mass is 19.1. The van der Waals surface area contributed by atoms with Gasteiger partial charge in [0.25, 0.3) is 0 Å². The highest BCUT2D eigenvalue weighted by molar-refractivity contribution is 5.67. The number of rotatable bonds is 3. The van der Waals surface area contributed by atoms with Crippen LogP contribution in [-0.2, 0) is 0 Å². The van der Waals surface area contributed by atoms with Crippen LogP contribution in [0.2, 0.25) is 0 Å². The summed E-state index contributed by atoms with van der Waals surface area (Å²) in [5.74, 6) is -0.194. The van der Waals surface area contributed by atoms with Crippen LogP contribution in [0.25, 0.3) is 11.1 Å². The van der Waals surface area contributed by atoms with E-state index in [2.05, 4.69) is 6.92 Å². The van der Waals surface area contributed by atoms with Gasteiger partial charge in [-0.15, -0.1) is 0 Å². The van der Waals surface area contributed by atoms with Crippen LogP contribution in [0.4, 0.5) is 4.39 Å². The molecule has 0 saturated heterocycles. The molecular weight excluding hydrogens is 225 g/mol. The fraction of sp³-hybridized carbons (Fsp3) is 0.250. The molecule has 0 spiro atoms. The molecule has 0 saturated carbocycles. The van der Waals surface area contributed by atoms with E-state index in [1.54, 1.807) is 6.07 Å². The van der Waals surface area contributed by atoms with Crippen LogP contribution in [0.15, 0.2) is 42.5 Å². The van der Waals surface area contributed by atoms with Gasteiger partial charge in [-0.05, 0) is 47.7 Å². The molecule has 0 aliphatic heterocycles. The summed E-state index contributed by atoms with van der Waals surface area (Å²) in [6.07, 6.45) is 0.926. The summed E-state index contributed by atoms with van der Waals surface area (Å²) in [6, 6.07) is 13.1. The maximum Gasteiger partial charge on any atom is 0.123 e. The van der Waals surface area contributed by atoms with Gasteiger partial charge in [-0.1, -0.05) is 37.3 Å². The minimum atomic E-state index is -0.194. The third-order valence-corrected chi connectivity index (χ3v) is 3.28. The second-order valence-corrected chi connectivity index (χ2v) is 4.60. The number of nitrogens with two attached hydrogens (primary N) is 1. The van der Waals surface area contributed by atoms with Gasteiger partial charge in [-0.2, -0.15) is 0 Å². The molecule has 2 heteroatoms. The Bertz CT molecular complexity index is 531. The fourth-order valence-corrected chi connectivity index (χ4v) is 2.10. The second-order valence-electron chi connectivity index (χ2n) is 4.60. The molecule has 1 unspecified atom stereocenters. The zero-order valence-electron chi connectivity index (χ0n) is 10.8. The van der Waals surface area contributed by atoms with Crippen molar-refractivity contribution in [1.82, 2.24) is 0 Å². The zero-order chi connectivity index (χ0) is 13.1. The van der Waals surface area contributed by atoms with Gasteiger partial charge >= 0.3 is 0 Å². The van der Waals surface area contributed by atoms with Gasteiger partial charge in [0.05, 0.1) is 0 Å². The van der Waals surface area contributed by atoms with Gasteiger partial charge in [-0.25, -0.2) is 4.39 Å². The predicted octanol–water partition coefficient (Wildman–Crippen LogP) is 4.21. The van der Waals surface area contributed by atoms with Crippen molar-refractivity contribution in [2.75, 3.05) is 0 Å².